The Kier molecular flexibility index (Phi) is 3.88. The Hall–Kier alpha value is -3.63. The summed E-state index contributed by atoms with van der Waals surface area (Å²) in [5.74, 6) is 0. The average Bonchev–Trinajstić information content (AvgIpc) is 2.98. The van der Waals surface area contributed by atoms with Crippen LogP contribution in [-0.4, -0.2) is 9.38 Å². The fourth-order valence-electron chi connectivity index (χ4n) is 2.66. The number of hydrogen-bond donors (Lipinski definition) is 2. The molecule has 4 rings (SSSR count). The van der Waals surface area contributed by atoms with Crippen LogP contribution in [0.1, 0.15) is 5.56 Å². The zero-order valence-electron chi connectivity index (χ0n) is 13.5. The van der Waals surface area contributed by atoms with Gasteiger partial charge in [-0.1, -0.05) is 24.3 Å². The van der Waals surface area contributed by atoms with Gasteiger partial charge in [-0.05, 0) is 24.3 Å². The summed E-state index contributed by atoms with van der Waals surface area (Å²) in [6.07, 6.45) is 1.66. The van der Waals surface area contributed by atoms with Gasteiger partial charge in [0.1, 0.15) is 22.3 Å². The molecule has 0 aliphatic rings. The van der Waals surface area contributed by atoms with Crippen molar-refractivity contribution < 1.29 is 0 Å². The minimum Gasteiger partial charge on any atom is -0.396 e. The molecule has 0 aliphatic heterocycles. The maximum atomic E-state index is 12.3. The Morgan fingerprint density at radius 3 is 2.69 bits per heavy atom. The molecular formula is C19H13N5OS. The number of pyridine rings is 1. The maximum absolute atomic E-state index is 12.3. The highest BCUT2D eigenvalue weighted by molar-refractivity contribution is 7.20. The molecule has 6 nitrogen and oxygen atoms in total. The first kappa shape index (κ1) is 15.9. The standard InChI is InChI=1S/C19H13N5OS/c20-11-13-17(21)18(26-19(13)22-12-6-2-1-3-7-12)14-10-16(25)24-9-5-4-8-15(24)23-14/h1-10,22H,21H2. The summed E-state index contributed by atoms with van der Waals surface area (Å²) >= 11 is 1.31. The lowest BCUT2D eigenvalue weighted by Crippen LogP contribution is -2.13. The molecule has 0 amide bonds. The first-order valence-electron chi connectivity index (χ1n) is 7.80. The van der Waals surface area contributed by atoms with Crippen molar-refractivity contribution in [2.24, 2.45) is 0 Å². The number of fused-ring (bicyclic) bond motifs is 1. The number of nitrogens with two attached hydrogens (primary N) is 1. The van der Waals surface area contributed by atoms with Gasteiger partial charge in [0.2, 0.25) is 0 Å². The lowest BCUT2D eigenvalue weighted by molar-refractivity contribution is 1.05. The van der Waals surface area contributed by atoms with E-state index in [-0.39, 0.29) is 5.56 Å². The van der Waals surface area contributed by atoms with Gasteiger partial charge in [0.05, 0.1) is 16.3 Å². The van der Waals surface area contributed by atoms with Crippen LogP contribution in [0.4, 0.5) is 16.4 Å². The lowest BCUT2D eigenvalue weighted by atomic mass is 10.2. The Balaban J connectivity index is 1.85. The smallest absolute Gasteiger partial charge is 0.258 e. The molecule has 0 radical (unpaired) electrons. The van der Waals surface area contributed by atoms with E-state index in [1.165, 1.54) is 21.8 Å². The molecule has 0 bridgehead atoms. The number of nitriles is 1. The van der Waals surface area contributed by atoms with Crippen LogP contribution in [0.25, 0.3) is 16.2 Å². The van der Waals surface area contributed by atoms with Crippen LogP contribution in [0.15, 0.2) is 65.6 Å². The van der Waals surface area contributed by atoms with E-state index in [9.17, 15) is 10.1 Å². The molecule has 1 aromatic carbocycles. The molecule has 4 aromatic rings. The fraction of sp³-hybridized carbons (Fsp3) is 0. The molecule has 7 heteroatoms. The van der Waals surface area contributed by atoms with Crippen LogP contribution >= 0.6 is 11.3 Å². The van der Waals surface area contributed by atoms with Crippen molar-refractivity contribution in [1.82, 2.24) is 9.38 Å². The Morgan fingerprint density at radius 1 is 1.15 bits per heavy atom. The predicted octanol–water partition coefficient (Wildman–Crippen LogP) is 3.62. The quantitative estimate of drug-likeness (QED) is 0.582. The second kappa shape index (κ2) is 6.35. The average molecular weight is 359 g/mol. The Bertz CT molecular complexity index is 1200. The number of anilines is 3. The van der Waals surface area contributed by atoms with Gasteiger partial charge < -0.3 is 11.1 Å². The van der Waals surface area contributed by atoms with Crippen LogP contribution in [0.2, 0.25) is 0 Å². The SMILES string of the molecule is N#Cc1c(Nc2ccccc2)sc(-c2cc(=O)n3ccccc3n2)c1N. The molecule has 3 heterocycles. The second-order valence-corrected chi connectivity index (χ2v) is 6.58. The summed E-state index contributed by atoms with van der Waals surface area (Å²) in [6.45, 7) is 0. The number of rotatable bonds is 3. The topological polar surface area (TPSA) is 96.2 Å². The van der Waals surface area contributed by atoms with E-state index in [0.29, 0.717) is 32.5 Å². The third-order valence-electron chi connectivity index (χ3n) is 3.89. The number of hydrogen-bond acceptors (Lipinski definition) is 6. The summed E-state index contributed by atoms with van der Waals surface area (Å²) in [6, 6.07) is 18.4. The first-order valence-corrected chi connectivity index (χ1v) is 8.62. The number of nitrogens with one attached hydrogen (secondary N) is 1. The van der Waals surface area contributed by atoms with Gasteiger partial charge in [-0.25, -0.2) is 4.98 Å². The second-order valence-electron chi connectivity index (χ2n) is 5.56. The van der Waals surface area contributed by atoms with Crippen molar-refractivity contribution in [3.8, 4) is 16.6 Å². The molecule has 0 saturated carbocycles. The van der Waals surface area contributed by atoms with Gasteiger partial charge in [0.15, 0.2) is 0 Å². The van der Waals surface area contributed by atoms with E-state index in [4.69, 9.17) is 5.73 Å². The monoisotopic (exact) mass is 359 g/mol. The molecule has 0 aliphatic carbocycles. The zero-order chi connectivity index (χ0) is 18.1. The van der Waals surface area contributed by atoms with Gasteiger partial charge in [-0.15, -0.1) is 11.3 Å². The van der Waals surface area contributed by atoms with E-state index >= 15 is 0 Å². The molecule has 26 heavy (non-hydrogen) atoms. The molecule has 3 aromatic heterocycles. The van der Waals surface area contributed by atoms with E-state index in [1.54, 1.807) is 18.3 Å². The maximum Gasteiger partial charge on any atom is 0.258 e. The third-order valence-corrected chi connectivity index (χ3v) is 5.04. The molecule has 0 unspecified atom stereocenters. The number of thiophene rings is 1. The summed E-state index contributed by atoms with van der Waals surface area (Å²) < 4.78 is 1.46. The summed E-state index contributed by atoms with van der Waals surface area (Å²) in [4.78, 5) is 17.5. The molecule has 0 fully saturated rings. The number of nitrogen functional groups attached to an aromatic ring is 1. The Morgan fingerprint density at radius 2 is 1.92 bits per heavy atom. The zero-order valence-corrected chi connectivity index (χ0v) is 14.3. The molecule has 0 saturated heterocycles. The lowest BCUT2D eigenvalue weighted by Gasteiger charge is -2.03. The Labute approximate surface area is 152 Å². The van der Waals surface area contributed by atoms with Crippen molar-refractivity contribution in [3.63, 3.8) is 0 Å². The normalized spacial score (nSPS) is 10.6. The summed E-state index contributed by atoms with van der Waals surface area (Å²) in [5, 5.41) is 13.4. The van der Waals surface area contributed by atoms with Crippen molar-refractivity contribution in [1.29, 1.82) is 5.26 Å². The molecule has 126 valence electrons. The van der Waals surface area contributed by atoms with E-state index in [2.05, 4.69) is 16.4 Å². The van der Waals surface area contributed by atoms with Gasteiger partial charge in [0.25, 0.3) is 5.56 Å². The van der Waals surface area contributed by atoms with Crippen molar-refractivity contribution >= 4 is 33.4 Å². The minimum atomic E-state index is -0.200. The number of benzene rings is 1. The number of nitrogens with zero attached hydrogens (tertiary/aromatic N) is 3. The van der Waals surface area contributed by atoms with Crippen molar-refractivity contribution in [2.75, 3.05) is 11.1 Å². The van der Waals surface area contributed by atoms with Crippen LogP contribution in [0.3, 0.4) is 0 Å². The van der Waals surface area contributed by atoms with Crippen LogP contribution < -0.4 is 16.6 Å². The van der Waals surface area contributed by atoms with Crippen LogP contribution in [0, 0.1) is 11.3 Å². The van der Waals surface area contributed by atoms with E-state index in [0.717, 1.165) is 5.69 Å². The van der Waals surface area contributed by atoms with Crippen molar-refractivity contribution in [2.45, 2.75) is 0 Å². The largest absolute Gasteiger partial charge is 0.396 e. The molecule has 3 N–H and O–H groups in total. The van der Waals surface area contributed by atoms with Crippen molar-refractivity contribution in [3.05, 3.63) is 76.7 Å². The summed E-state index contributed by atoms with van der Waals surface area (Å²) in [7, 11) is 0. The molecule has 0 atom stereocenters. The third kappa shape index (κ3) is 2.68. The van der Waals surface area contributed by atoms with Gasteiger partial charge >= 0.3 is 0 Å². The minimum absolute atomic E-state index is 0.200. The predicted molar refractivity (Wildman–Crippen MR) is 104 cm³/mol. The number of aromatic nitrogens is 2. The molecular weight excluding hydrogens is 346 g/mol. The van der Waals surface area contributed by atoms with Gasteiger partial charge in [-0.2, -0.15) is 5.26 Å². The molecule has 0 spiro atoms. The summed E-state index contributed by atoms with van der Waals surface area (Å²) in [5.41, 5.74) is 8.50. The van der Waals surface area contributed by atoms with E-state index in [1.807, 2.05) is 36.4 Å². The van der Waals surface area contributed by atoms with Gasteiger partial charge in [-0.3, -0.25) is 9.20 Å². The van der Waals surface area contributed by atoms with Crippen LogP contribution in [0.5, 0.6) is 0 Å². The van der Waals surface area contributed by atoms with Gasteiger partial charge in [0, 0.05) is 18.0 Å². The van der Waals surface area contributed by atoms with Crippen LogP contribution in [-0.2, 0) is 0 Å². The fourth-order valence-corrected chi connectivity index (χ4v) is 3.71. The highest BCUT2D eigenvalue weighted by atomic mass is 32.1. The number of para-hydroxylation sites is 1. The van der Waals surface area contributed by atoms with E-state index < -0.39 is 0 Å². The highest BCUT2D eigenvalue weighted by Gasteiger charge is 2.19. The highest BCUT2D eigenvalue weighted by Crippen LogP contribution is 2.42. The first-order chi connectivity index (χ1) is 12.7.